The number of hydrogen-bond acceptors (Lipinski definition) is 4. The van der Waals surface area contributed by atoms with Crippen molar-refractivity contribution in [1.82, 2.24) is 18.9 Å². The largest absolute Gasteiger partial charge is 2.00 e. The van der Waals surface area contributed by atoms with Gasteiger partial charge in [-0.3, -0.25) is 4.98 Å². The van der Waals surface area contributed by atoms with E-state index >= 15 is 0 Å². The van der Waals surface area contributed by atoms with Crippen molar-refractivity contribution in [2.24, 2.45) is 0 Å². The van der Waals surface area contributed by atoms with E-state index in [0.29, 0.717) is 11.5 Å². The van der Waals surface area contributed by atoms with Crippen LogP contribution >= 0.6 is 11.3 Å². The Hall–Kier alpha value is -5.03. The van der Waals surface area contributed by atoms with Gasteiger partial charge < -0.3 is 13.7 Å². The van der Waals surface area contributed by atoms with E-state index in [0.717, 1.165) is 49.6 Å². The third-order valence-electron chi connectivity index (χ3n) is 8.48. The van der Waals surface area contributed by atoms with Gasteiger partial charge in [-0.05, 0) is 35.7 Å². The van der Waals surface area contributed by atoms with Crippen molar-refractivity contribution in [3.8, 4) is 17.2 Å². The van der Waals surface area contributed by atoms with E-state index in [1.54, 1.807) is 0 Å². The van der Waals surface area contributed by atoms with Crippen LogP contribution in [0.1, 0.15) is 0 Å². The molecule has 0 radical (unpaired) electrons. The number of pyridine rings is 2. The number of thiophene rings is 1. The number of nitrogens with zero attached hydrogens (tertiary/aromatic N) is 4. The molecule has 0 saturated carbocycles. The maximum absolute atomic E-state index is 6.45. The normalized spacial score (nSPS) is 11.8. The zero-order chi connectivity index (χ0) is 28.8. The number of rotatable bonds is 3. The topological polar surface area (TPSA) is 44.4 Å². The maximum atomic E-state index is 6.45. The molecule has 10 rings (SSSR count). The minimum atomic E-state index is 0. The van der Waals surface area contributed by atoms with Crippen LogP contribution in [0.2, 0.25) is 0 Å². The number of para-hydroxylation sites is 1. The monoisotopic (exact) mass is 775 g/mol. The first kappa shape index (κ1) is 26.4. The first-order valence-electron chi connectivity index (χ1n) is 14.4. The fourth-order valence-electron chi connectivity index (χ4n) is 6.65. The van der Waals surface area contributed by atoms with Crippen molar-refractivity contribution < 1.29 is 25.8 Å². The van der Waals surface area contributed by atoms with Crippen molar-refractivity contribution in [2.45, 2.75) is 0 Å². The average Bonchev–Trinajstić information content (AvgIpc) is 3.79. The molecule has 5 heterocycles. The van der Waals surface area contributed by atoms with E-state index in [2.05, 4.69) is 105 Å². The van der Waals surface area contributed by atoms with Crippen LogP contribution in [0, 0.1) is 12.1 Å². The minimum absolute atomic E-state index is 0. The van der Waals surface area contributed by atoms with Crippen molar-refractivity contribution in [1.29, 1.82) is 0 Å². The second-order valence-electron chi connectivity index (χ2n) is 10.9. The molecule has 0 aliphatic rings. The number of aromatic nitrogens is 4. The predicted molar refractivity (Wildman–Crippen MR) is 179 cm³/mol. The Morgan fingerprint density at radius 1 is 0.600 bits per heavy atom. The number of fused-ring (bicyclic) bond motifs is 13. The first-order valence-corrected chi connectivity index (χ1v) is 15.2. The molecule has 0 aliphatic carbocycles. The maximum Gasteiger partial charge on any atom is 2.00 e. The third-order valence-corrected chi connectivity index (χ3v) is 9.62. The zero-order valence-electron chi connectivity index (χ0n) is 23.5. The summed E-state index contributed by atoms with van der Waals surface area (Å²) in [5.74, 6) is 1.21. The van der Waals surface area contributed by atoms with Crippen molar-refractivity contribution in [3.63, 3.8) is 0 Å². The first-order chi connectivity index (χ1) is 21.8. The van der Waals surface area contributed by atoms with Crippen LogP contribution in [0.15, 0.2) is 122 Å². The second kappa shape index (κ2) is 10.00. The van der Waals surface area contributed by atoms with Crippen molar-refractivity contribution in [3.05, 3.63) is 134 Å². The molecule has 214 valence electrons. The molecule has 0 atom stereocenters. The van der Waals surface area contributed by atoms with E-state index in [-0.39, 0.29) is 21.1 Å². The van der Waals surface area contributed by atoms with Gasteiger partial charge in [0.25, 0.3) is 0 Å². The molecule has 0 unspecified atom stereocenters. The molecule has 10 aromatic rings. The van der Waals surface area contributed by atoms with Gasteiger partial charge in [-0.15, -0.1) is 41.7 Å². The van der Waals surface area contributed by atoms with Gasteiger partial charge in [-0.25, -0.2) is 4.98 Å². The molecule has 45 heavy (non-hydrogen) atoms. The molecule has 5 aromatic heterocycles. The number of ether oxygens (including phenoxy) is 1. The molecule has 0 N–H and O–H groups in total. The zero-order valence-corrected chi connectivity index (χ0v) is 26.6. The number of benzene rings is 5. The summed E-state index contributed by atoms with van der Waals surface area (Å²) < 4.78 is 13.3. The predicted octanol–water partition coefficient (Wildman–Crippen LogP) is 9.89. The number of imidazole rings is 1. The SMILES string of the molecule is [Pt+2].[c-]1c(Oc2[c-]c3c(cc2)c2ccccc2n2ccnc32)cccc1-n1c2ncccc2c2ccc3sc4ccccc4c3c21. The average molecular weight is 776 g/mol. The molecule has 0 bridgehead atoms. The van der Waals surface area contributed by atoms with Gasteiger partial charge in [-0.1, -0.05) is 65.0 Å². The van der Waals surface area contributed by atoms with Crippen molar-refractivity contribution in [2.75, 3.05) is 0 Å². The van der Waals surface area contributed by atoms with Gasteiger partial charge in [0.05, 0.1) is 11.2 Å². The molecule has 0 amide bonds. The Kier molecular flexibility index (Phi) is 5.86. The summed E-state index contributed by atoms with van der Waals surface area (Å²) in [5.41, 5.74) is 4.86. The van der Waals surface area contributed by atoms with Crippen LogP contribution in [-0.2, 0) is 21.1 Å². The van der Waals surface area contributed by atoms with Crippen LogP contribution in [0.5, 0.6) is 11.5 Å². The summed E-state index contributed by atoms with van der Waals surface area (Å²) in [6, 6.07) is 42.7. The molecular weight excluding hydrogens is 756 g/mol. The molecule has 0 spiro atoms. The van der Waals surface area contributed by atoms with Crippen LogP contribution < -0.4 is 4.74 Å². The minimum Gasteiger partial charge on any atom is -0.503 e. The van der Waals surface area contributed by atoms with E-state index in [9.17, 15) is 0 Å². The Balaban J connectivity index is 0.00000281. The fraction of sp³-hybridized carbons (Fsp3) is 0. The van der Waals surface area contributed by atoms with E-state index in [1.807, 2.05) is 54.2 Å². The summed E-state index contributed by atoms with van der Waals surface area (Å²) in [6.45, 7) is 0. The van der Waals surface area contributed by atoms with Gasteiger partial charge in [-0.2, -0.15) is 6.07 Å². The van der Waals surface area contributed by atoms with Gasteiger partial charge in [0.1, 0.15) is 5.65 Å². The Labute approximate surface area is 275 Å². The standard InChI is InChI=1S/C38H20N4OS.Pt/c1-3-12-32-27(9-1)26-15-14-25(22-31(26)37-40-19-20-41(32)37)43-24-8-5-7-23(21-24)42-36-28(29-11-6-18-39-38(29)42)16-17-34-35(36)30-10-2-4-13-33(30)44-34;/h1-20H;/q-2;+2. The quantitative estimate of drug-likeness (QED) is 0.133. The van der Waals surface area contributed by atoms with Gasteiger partial charge in [0, 0.05) is 66.6 Å². The van der Waals surface area contributed by atoms with Crippen LogP contribution in [0.3, 0.4) is 0 Å². The molecule has 5 aromatic carbocycles. The third kappa shape index (κ3) is 3.83. The summed E-state index contributed by atoms with van der Waals surface area (Å²) in [4.78, 5) is 9.50. The molecule has 0 aliphatic heterocycles. The van der Waals surface area contributed by atoms with Crippen LogP contribution in [-0.4, -0.2) is 18.9 Å². The Bertz CT molecular complexity index is 2780. The molecular formula is C38H20N4OPtS. The Morgan fingerprint density at radius 2 is 1.40 bits per heavy atom. The Morgan fingerprint density at radius 3 is 2.36 bits per heavy atom. The van der Waals surface area contributed by atoms with Crippen LogP contribution in [0.4, 0.5) is 0 Å². The summed E-state index contributed by atoms with van der Waals surface area (Å²) in [7, 11) is 0. The summed E-state index contributed by atoms with van der Waals surface area (Å²) in [5, 5.41) is 7.92. The molecule has 0 fully saturated rings. The van der Waals surface area contributed by atoms with Crippen molar-refractivity contribution >= 4 is 80.8 Å². The second-order valence-corrected chi connectivity index (χ2v) is 12.0. The van der Waals surface area contributed by atoms with E-state index in [1.165, 1.54) is 25.6 Å². The molecule has 5 nitrogen and oxygen atoms in total. The summed E-state index contributed by atoms with van der Waals surface area (Å²) >= 11 is 1.82. The van der Waals surface area contributed by atoms with Crippen LogP contribution in [0.25, 0.3) is 75.1 Å². The van der Waals surface area contributed by atoms with Gasteiger partial charge in [0.2, 0.25) is 0 Å². The number of hydrogen-bond donors (Lipinski definition) is 0. The van der Waals surface area contributed by atoms with E-state index < -0.39 is 0 Å². The fourth-order valence-corrected chi connectivity index (χ4v) is 7.76. The smallest absolute Gasteiger partial charge is 0.503 e. The molecule has 7 heteroatoms. The summed E-state index contributed by atoms with van der Waals surface area (Å²) in [6.07, 6.45) is 5.67. The molecule has 0 saturated heterocycles. The van der Waals surface area contributed by atoms with Gasteiger partial charge >= 0.3 is 21.1 Å². The van der Waals surface area contributed by atoms with Gasteiger partial charge in [0.15, 0.2) is 0 Å². The van der Waals surface area contributed by atoms with E-state index in [4.69, 9.17) is 9.72 Å².